The molecule has 0 spiro atoms. The lowest BCUT2D eigenvalue weighted by atomic mass is 10.0. The third-order valence-corrected chi connectivity index (χ3v) is 5.25. The van der Waals surface area contributed by atoms with Crippen LogP contribution in [0.4, 0.5) is 11.8 Å². The number of hydrogen-bond acceptors (Lipinski definition) is 5. The number of aryl methyl sites for hydroxylation is 1. The molecule has 4 rings (SSSR count). The van der Waals surface area contributed by atoms with Crippen LogP contribution in [0.5, 0.6) is 0 Å². The second-order valence-corrected chi connectivity index (χ2v) is 7.45. The predicted octanol–water partition coefficient (Wildman–Crippen LogP) is 3.77. The summed E-state index contributed by atoms with van der Waals surface area (Å²) in [7, 11) is 0. The van der Waals surface area contributed by atoms with Crippen molar-refractivity contribution in [2.24, 2.45) is 0 Å². The maximum Gasteiger partial charge on any atom is 0.251 e. The lowest BCUT2D eigenvalue weighted by molar-refractivity contribution is 0.0957. The lowest BCUT2D eigenvalue weighted by Crippen LogP contribution is -2.31. The second-order valence-electron chi connectivity index (χ2n) is 7.45. The van der Waals surface area contributed by atoms with E-state index in [4.69, 9.17) is 0 Å². The van der Waals surface area contributed by atoms with Crippen molar-refractivity contribution in [2.75, 3.05) is 36.4 Å². The summed E-state index contributed by atoms with van der Waals surface area (Å²) in [4.78, 5) is 24.1. The molecule has 0 atom stereocenters. The Kier molecular flexibility index (Phi) is 5.89. The third kappa shape index (κ3) is 4.65. The number of nitrogens with zero attached hydrogens (tertiary/aromatic N) is 3. The van der Waals surface area contributed by atoms with Gasteiger partial charge in [0, 0.05) is 43.5 Å². The van der Waals surface area contributed by atoms with Crippen molar-refractivity contribution in [2.45, 2.75) is 26.2 Å². The molecule has 2 N–H and O–H groups in total. The summed E-state index contributed by atoms with van der Waals surface area (Å²) in [6.45, 7) is 5.16. The monoisotopic (exact) mass is 389 g/mol. The zero-order valence-electron chi connectivity index (χ0n) is 16.8. The Morgan fingerprint density at radius 1 is 1.00 bits per heavy atom. The van der Waals surface area contributed by atoms with E-state index in [-0.39, 0.29) is 5.91 Å². The van der Waals surface area contributed by atoms with Gasteiger partial charge in [-0.25, -0.2) is 4.98 Å². The van der Waals surface area contributed by atoms with Gasteiger partial charge in [-0.1, -0.05) is 36.4 Å². The Morgan fingerprint density at radius 3 is 2.66 bits per heavy atom. The van der Waals surface area contributed by atoms with E-state index in [0.717, 1.165) is 35.4 Å². The topological polar surface area (TPSA) is 70.2 Å². The molecule has 1 aliphatic rings. The molecule has 2 aromatic carbocycles. The van der Waals surface area contributed by atoms with Gasteiger partial charge in [0.05, 0.1) is 0 Å². The first-order chi connectivity index (χ1) is 14.2. The lowest BCUT2D eigenvalue weighted by Gasteiger charge is -2.28. The fraction of sp³-hybridized carbons (Fsp3) is 0.348. The van der Waals surface area contributed by atoms with Crippen molar-refractivity contribution >= 4 is 28.4 Å². The minimum absolute atomic E-state index is 0.0669. The van der Waals surface area contributed by atoms with E-state index in [1.807, 2.05) is 55.5 Å². The molecule has 1 fully saturated rings. The van der Waals surface area contributed by atoms with Crippen molar-refractivity contribution in [3.8, 4) is 0 Å². The first-order valence-corrected chi connectivity index (χ1v) is 10.3. The van der Waals surface area contributed by atoms with E-state index in [1.165, 1.54) is 19.3 Å². The zero-order chi connectivity index (χ0) is 20.1. The smallest absolute Gasteiger partial charge is 0.251 e. The molecule has 1 saturated heterocycles. The molecular weight excluding hydrogens is 362 g/mol. The number of anilines is 2. The number of rotatable bonds is 6. The molecule has 0 radical (unpaired) electrons. The Balaban J connectivity index is 1.34. The molecule has 6 nitrogen and oxygen atoms in total. The number of carbonyl (C=O) groups is 1. The number of fused-ring (bicyclic) bond motifs is 1. The van der Waals surface area contributed by atoms with Gasteiger partial charge in [-0.05, 0) is 43.0 Å². The number of piperidine rings is 1. The molecule has 0 aliphatic carbocycles. The SMILES string of the molecule is Cc1cc(N2CCCCC2)nc(NCCNC(=O)c2cccc3ccccc23)n1. The van der Waals surface area contributed by atoms with Gasteiger partial charge in [-0.15, -0.1) is 0 Å². The van der Waals surface area contributed by atoms with Crippen molar-refractivity contribution in [1.29, 1.82) is 0 Å². The van der Waals surface area contributed by atoms with Crippen LogP contribution in [0.25, 0.3) is 10.8 Å². The van der Waals surface area contributed by atoms with Crippen LogP contribution in [0.15, 0.2) is 48.5 Å². The van der Waals surface area contributed by atoms with Gasteiger partial charge >= 0.3 is 0 Å². The average Bonchev–Trinajstić information content (AvgIpc) is 2.76. The molecule has 1 aromatic heterocycles. The maximum atomic E-state index is 12.6. The zero-order valence-corrected chi connectivity index (χ0v) is 16.8. The van der Waals surface area contributed by atoms with E-state index in [0.29, 0.717) is 24.6 Å². The molecular formula is C23H27N5O. The normalized spacial score (nSPS) is 14.0. The van der Waals surface area contributed by atoms with Gasteiger partial charge in [0.15, 0.2) is 0 Å². The van der Waals surface area contributed by atoms with E-state index >= 15 is 0 Å². The van der Waals surface area contributed by atoms with E-state index in [1.54, 1.807) is 0 Å². The van der Waals surface area contributed by atoms with E-state index < -0.39 is 0 Å². The Morgan fingerprint density at radius 2 is 1.79 bits per heavy atom. The molecule has 1 aliphatic heterocycles. The van der Waals surface area contributed by atoms with Crippen LogP contribution in [0.1, 0.15) is 35.3 Å². The second kappa shape index (κ2) is 8.90. The third-order valence-electron chi connectivity index (χ3n) is 5.25. The van der Waals surface area contributed by atoms with Crippen LogP contribution in [-0.2, 0) is 0 Å². The van der Waals surface area contributed by atoms with Gasteiger partial charge in [0.1, 0.15) is 5.82 Å². The number of hydrogen-bond donors (Lipinski definition) is 2. The summed E-state index contributed by atoms with van der Waals surface area (Å²) in [6.07, 6.45) is 3.72. The van der Waals surface area contributed by atoms with Crippen LogP contribution in [0.2, 0.25) is 0 Å². The highest BCUT2D eigenvalue weighted by atomic mass is 16.1. The Labute approximate surface area is 171 Å². The summed E-state index contributed by atoms with van der Waals surface area (Å²) in [5.41, 5.74) is 1.64. The van der Waals surface area contributed by atoms with Crippen molar-refractivity contribution in [3.05, 3.63) is 59.8 Å². The molecule has 6 heteroatoms. The highest BCUT2D eigenvalue weighted by Crippen LogP contribution is 2.20. The first-order valence-electron chi connectivity index (χ1n) is 10.3. The van der Waals surface area contributed by atoms with E-state index in [2.05, 4.69) is 25.5 Å². The summed E-state index contributed by atoms with van der Waals surface area (Å²) < 4.78 is 0. The molecule has 3 aromatic rings. The fourth-order valence-corrected chi connectivity index (χ4v) is 3.78. The summed E-state index contributed by atoms with van der Waals surface area (Å²) in [5, 5.41) is 8.26. The molecule has 2 heterocycles. The van der Waals surface area contributed by atoms with Gasteiger partial charge in [0.2, 0.25) is 5.95 Å². The Hall–Kier alpha value is -3.15. The van der Waals surface area contributed by atoms with Crippen LogP contribution in [0, 0.1) is 6.92 Å². The number of aromatic nitrogens is 2. The minimum Gasteiger partial charge on any atom is -0.356 e. The molecule has 1 amide bonds. The number of carbonyl (C=O) groups excluding carboxylic acids is 1. The number of benzene rings is 2. The van der Waals surface area contributed by atoms with Crippen LogP contribution in [-0.4, -0.2) is 42.1 Å². The van der Waals surface area contributed by atoms with Gasteiger partial charge in [0.25, 0.3) is 5.91 Å². The highest BCUT2D eigenvalue weighted by Gasteiger charge is 2.14. The van der Waals surface area contributed by atoms with Crippen LogP contribution in [0.3, 0.4) is 0 Å². The number of nitrogens with one attached hydrogen (secondary N) is 2. The molecule has 0 unspecified atom stereocenters. The molecule has 0 saturated carbocycles. The molecule has 29 heavy (non-hydrogen) atoms. The average molecular weight is 390 g/mol. The van der Waals surface area contributed by atoms with Gasteiger partial charge < -0.3 is 15.5 Å². The van der Waals surface area contributed by atoms with Gasteiger partial charge in [-0.3, -0.25) is 4.79 Å². The number of amides is 1. The van der Waals surface area contributed by atoms with Gasteiger partial charge in [-0.2, -0.15) is 4.98 Å². The quantitative estimate of drug-likeness (QED) is 0.628. The van der Waals surface area contributed by atoms with Crippen LogP contribution >= 0.6 is 0 Å². The summed E-state index contributed by atoms with van der Waals surface area (Å²) in [5.74, 6) is 1.53. The van der Waals surface area contributed by atoms with Crippen molar-refractivity contribution in [1.82, 2.24) is 15.3 Å². The maximum absolute atomic E-state index is 12.6. The van der Waals surface area contributed by atoms with E-state index in [9.17, 15) is 4.79 Å². The largest absolute Gasteiger partial charge is 0.356 e. The highest BCUT2D eigenvalue weighted by molar-refractivity contribution is 6.06. The molecule has 0 bridgehead atoms. The standard InChI is InChI=1S/C23H27N5O/c1-17-16-21(28-14-5-2-6-15-28)27-23(26-17)25-13-12-24-22(29)20-11-7-9-18-8-3-4-10-19(18)20/h3-4,7-11,16H,2,5-6,12-15H2,1H3,(H,24,29)(H,25,26,27). The van der Waals surface area contributed by atoms with Crippen LogP contribution < -0.4 is 15.5 Å². The Bertz CT molecular complexity index is 992. The predicted molar refractivity (Wildman–Crippen MR) is 118 cm³/mol. The van der Waals surface area contributed by atoms with Crippen molar-refractivity contribution < 1.29 is 4.79 Å². The summed E-state index contributed by atoms with van der Waals surface area (Å²) in [6, 6.07) is 15.8. The first kappa shape index (κ1) is 19.2. The molecule has 150 valence electrons. The fourth-order valence-electron chi connectivity index (χ4n) is 3.78. The van der Waals surface area contributed by atoms with Crippen molar-refractivity contribution in [3.63, 3.8) is 0 Å². The summed E-state index contributed by atoms with van der Waals surface area (Å²) >= 11 is 0. The minimum atomic E-state index is -0.0669.